The van der Waals surface area contributed by atoms with E-state index < -0.39 is 18.1 Å². The molecule has 4 atom stereocenters. The summed E-state index contributed by atoms with van der Waals surface area (Å²) in [6.07, 6.45) is 0. The summed E-state index contributed by atoms with van der Waals surface area (Å²) in [6.45, 7) is 6.91. The van der Waals surface area contributed by atoms with Crippen LogP contribution in [0.3, 0.4) is 0 Å². The predicted molar refractivity (Wildman–Crippen MR) is 96.1 cm³/mol. The van der Waals surface area contributed by atoms with Gasteiger partial charge in [0.15, 0.2) is 0 Å². The lowest BCUT2D eigenvalue weighted by atomic mass is 10.2. The Balaban J connectivity index is 4.46. The third kappa shape index (κ3) is 8.01. The zero-order valence-corrected chi connectivity index (χ0v) is 15.9. The maximum absolute atomic E-state index is 12.1. The van der Waals surface area contributed by atoms with Gasteiger partial charge < -0.3 is 20.6 Å². The fourth-order valence-electron chi connectivity index (χ4n) is 2.08. The van der Waals surface area contributed by atoms with E-state index in [4.69, 9.17) is 5.11 Å². The molecule has 0 fully saturated rings. The zero-order valence-electron chi connectivity index (χ0n) is 15.0. The summed E-state index contributed by atoms with van der Waals surface area (Å²) in [7, 11) is 5.83. The molecule has 1 amide bonds. The van der Waals surface area contributed by atoms with Crippen LogP contribution in [0.5, 0.6) is 0 Å². The first-order valence-electron chi connectivity index (χ1n) is 7.85. The van der Waals surface area contributed by atoms with Gasteiger partial charge in [0.05, 0.1) is 6.04 Å². The summed E-state index contributed by atoms with van der Waals surface area (Å²) in [4.78, 5) is 27.0. The predicted octanol–water partition coefficient (Wildman–Crippen LogP) is -0.266. The molecular formula is C15H32N4O3S. The molecule has 3 N–H and O–H groups in total. The average molecular weight is 349 g/mol. The Hall–Kier alpha value is -0.830. The van der Waals surface area contributed by atoms with Gasteiger partial charge in [0.2, 0.25) is 5.91 Å². The minimum absolute atomic E-state index is 0.253. The first kappa shape index (κ1) is 22.2. The summed E-state index contributed by atoms with van der Waals surface area (Å²) in [6, 6.07) is -0.709. The highest BCUT2D eigenvalue weighted by molar-refractivity contribution is 7.80. The quantitative estimate of drug-likeness (QED) is 0.385. The fourth-order valence-corrected chi connectivity index (χ4v) is 2.38. The smallest absolute Gasteiger partial charge is 0.325 e. The number of rotatable bonds is 11. The first-order valence-corrected chi connectivity index (χ1v) is 8.49. The lowest BCUT2D eigenvalue weighted by molar-refractivity contribution is -0.142. The molecule has 0 aliphatic carbocycles. The second kappa shape index (κ2) is 10.9. The molecule has 7 nitrogen and oxygen atoms in total. The summed E-state index contributed by atoms with van der Waals surface area (Å²) in [5, 5.41) is 14.6. The number of nitrogens with zero attached hydrogens (tertiary/aromatic N) is 2. The van der Waals surface area contributed by atoms with E-state index in [-0.39, 0.29) is 11.9 Å². The normalized spacial score (nSPS) is 16.9. The van der Waals surface area contributed by atoms with Crippen molar-refractivity contribution in [1.82, 2.24) is 20.4 Å². The SMILES string of the molecule is CN[C@@H](CS)CN(C)[C@@H](C)CN(C)[C@@H](C)C(=O)N[C@@H](C)C(=O)O. The van der Waals surface area contributed by atoms with Crippen LogP contribution in [0.1, 0.15) is 20.8 Å². The molecule has 0 bridgehead atoms. The Bertz CT molecular complexity index is 380. The second-order valence-electron chi connectivity index (χ2n) is 6.14. The van der Waals surface area contributed by atoms with E-state index in [1.165, 1.54) is 6.92 Å². The zero-order chi connectivity index (χ0) is 18.2. The first-order chi connectivity index (χ1) is 10.6. The summed E-state index contributed by atoms with van der Waals surface area (Å²) >= 11 is 4.32. The van der Waals surface area contributed by atoms with Crippen LogP contribution < -0.4 is 10.6 Å². The van der Waals surface area contributed by atoms with Crippen molar-refractivity contribution in [3.05, 3.63) is 0 Å². The van der Waals surface area contributed by atoms with E-state index in [0.717, 1.165) is 12.3 Å². The second-order valence-corrected chi connectivity index (χ2v) is 6.51. The lowest BCUT2D eigenvalue weighted by Crippen LogP contribution is -2.52. The molecule has 0 unspecified atom stereocenters. The molecule has 0 aromatic carbocycles. The topological polar surface area (TPSA) is 84.9 Å². The molecule has 0 radical (unpaired) electrons. The fraction of sp³-hybridized carbons (Fsp3) is 0.867. The summed E-state index contributed by atoms with van der Waals surface area (Å²) in [5.74, 6) is -0.554. The number of nitrogens with one attached hydrogen (secondary N) is 2. The molecule has 8 heteroatoms. The number of amides is 1. The van der Waals surface area contributed by atoms with Gasteiger partial charge in [-0.1, -0.05) is 0 Å². The van der Waals surface area contributed by atoms with Crippen LogP contribution >= 0.6 is 12.6 Å². The van der Waals surface area contributed by atoms with E-state index in [2.05, 4.69) is 35.1 Å². The van der Waals surface area contributed by atoms with Gasteiger partial charge >= 0.3 is 5.97 Å². The van der Waals surface area contributed by atoms with Crippen molar-refractivity contribution in [1.29, 1.82) is 0 Å². The van der Waals surface area contributed by atoms with E-state index in [1.807, 2.05) is 26.0 Å². The molecule has 136 valence electrons. The highest BCUT2D eigenvalue weighted by atomic mass is 32.1. The van der Waals surface area contributed by atoms with Crippen molar-refractivity contribution in [2.45, 2.75) is 44.9 Å². The standard InChI is InChI=1S/C15H32N4O3S/c1-10(18(5)8-13(9-23)16-4)7-19(6)12(3)14(20)17-11(2)15(21)22/h10-13,16,23H,7-9H2,1-6H3,(H,17,20)(H,21,22)/t10-,11-,12-,13+/m0/s1. The third-order valence-electron chi connectivity index (χ3n) is 4.21. The van der Waals surface area contributed by atoms with Crippen molar-refractivity contribution in [2.75, 3.05) is 40.0 Å². The Labute approximate surface area is 145 Å². The van der Waals surface area contributed by atoms with Gasteiger partial charge in [0.25, 0.3) is 0 Å². The van der Waals surface area contributed by atoms with Crippen molar-refractivity contribution in [3.63, 3.8) is 0 Å². The number of carbonyl (C=O) groups is 2. The van der Waals surface area contributed by atoms with Gasteiger partial charge in [-0.3, -0.25) is 14.5 Å². The molecule has 0 heterocycles. The number of carboxylic acids is 1. The minimum Gasteiger partial charge on any atom is -0.480 e. The molecule has 0 aliphatic rings. The highest BCUT2D eigenvalue weighted by Gasteiger charge is 2.24. The Morgan fingerprint density at radius 3 is 2.13 bits per heavy atom. The van der Waals surface area contributed by atoms with E-state index in [9.17, 15) is 9.59 Å². The van der Waals surface area contributed by atoms with Crippen LogP contribution in [0, 0.1) is 0 Å². The molecule has 23 heavy (non-hydrogen) atoms. The van der Waals surface area contributed by atoms with Gasteiger partial charge in [-0.15, -0.1) is 0 Å². The summed E-state index contributed by atoms with van der Waals surface area (Å²) in [5.41, 5.74) is 0. The van der Waals surface area contributed by atoms with Gasteiger partial charge in [0, 0.05) is 30.9 Å². The van der Waals surface area contributed by atoms with Gasteiger partial charge in [-0.2, -0.15) is 12.6 Å². The van der Waals surface area contributed by atoms with Crippen LogP contribution in [0.25, 0.3) is 0 Å². The van der Waals surface area contributed by atoms with Crippen molar-refractivity contribution in [3.8, 4) is 0 Å². The molecule has 0 saturated heterocycles. The number of carboxylic acid groups (broad SMARTS) is 1. The van der Waals surface area contributed by atoms with Crippen molar-refractivity contribution >= 4 is 24.5 Å². The maximum atomic E-state index is 12.1. The summed E-state index contributed by atoms with van der Waals surface area (Å²) < 4.78 is 0. The number of carbonyl (C=O) groups excluding carboxylic acids is 1. The largest absolute Gasteiger partial charge is 0.480 e. The van der Waals surface area contributed by atoms with E-state index in [0.29, 0.717) is 12.6 Å². The number of hydrogen-bond donors (Lipinski definition) is 4. The van der Waals surface area contributed by atoms with Crippen molar-refractivity contribution < 1.29 is 14.7 Å². The molecule has 0 aliphatic heterocycles. The number of likely N-dealkylation sites (N-methyl/N-ethyl adjacent to an activating group) is 3. The van der Waals surface area contributed by atoms with Gasteiger partial charge in [-0.25, -0.2) is 0 Å². The van der Waals surface area contributed by atoms with Gasteiger partial charge in [-0.05, 0) is 41.9 Å². The average Bonchev–Trinajstić information content (AvgIpc) is 2.50. The lowest BCUT2D eigenvalue weighted by Gasteiger charge is -2.33. The molecular weight excluding hydrogens is 316 g/mol. The molecule has 0 rings (SSSR count). The Morgan fingerprint density at radius 2 is 1.70 bits per heavy atom. The van der Waals surface area contributed by atoms with Gasteiger partial charge in [0.1, 0.15) is 6.04 Å². The molecule has 0 aromatic heterocycles. The van der Waals surface area contributed by atoms with Crippen LogP contribution in [0.4, 0.5) is 0 Å². The Morgan fingerprint density at radius 1 is 1.13 bits per heavy atom. The van der Waals surface area contributed by atoms with Crippen LogP contribution in [-0.4, -0.2) is 90.9 Å². The molecule has 0 saturated carbocycles. The van der Waals surface area contributed by atoms with E-state index >= 15 is 0 Å². The van der Waals surface area contributed by atoms with E-state index in [1.54, 1.807) is 6.92 Å². The molecule has 0 spiro atoms. The Kier molecular flexibility index (Phi) is 10.5. The van der Waals surface area contributed by atoms with Crippen LogP contribution in [0.2, 0.25) is 0 Å². The monoisotopic (exact) mass is 348 g/mol. The number of hydrogen-bond acceptors (Lipinski definition) is 6. The number of aliphatic carboxylic acids is 1. The van der Waals surface area contributed by atoms with Crippen LogP contribution in [0.15, 0.2) is 0 Å². The van der Waals surface area contributed by atoms with Crippen LogP contribution in [-0.2, 0) is 9.59 Å². The maximum Gasteiger partial charge on any atom is 0.325 e. The highest BCUT2D eigenvalue weighted by Crippen LogP contribution is 2.04. The number of thiol groups is 1. The van der Waals surface area contributed by atoms with Crippen molar-refractivity contribution in [2.24, 2.45) is 0 Å². The third-order valence-corrected chi connectivity index (χ3v) is 4.65. The minimum atomic E-state index is -1.04. The molecule has 0 aromatic rings.